The van der Waals surface area contributed by atoms with Crippen molar-refractivity contribution in [2.24, 2.45) is 4.99 Å². The third kappa shape index (κ3) is 5.69. The molecule has 7 heteroatoms. The maximum atomic E-state index is 12.3. The second kappa shape index (κ2) is 9.06. The van der Waals surface area contributed by atoms with E-state index in [1.807, 2.05) is 13.0 Å². The molecule has 1 atom stereocenters. The Balaban J connectivity index is 2.02. The van der Waals surface area contributed by atoms with Crippen LogP contribution in [0.1, 0.15) is 33.3 Å². The van der Waals surface area contributed by atoms with Gasteiger partial charge >= 0.3 is 0 Å². The molecule has 1 heterocycles. The van der Waals surface area contributed by atoms with Crippen LogP contribution in [0.4, 0.5) is 0 Å². The fourth-order valence-electron chi connectivity index (χ4n) is 3.14. The maximum absolute atomic E-state index is 12.3. The summed E-state index contributed by atoms with van der Waals surface area (Å²) < 4.78 is 23.8. The van der Waals surface area contributed by atoms with Crippen molar-refractivity contribution >= 4 is 15.8 Å². The van der Waals surface area contributed by atoms with Gasteiger partial charge in [-0.1, -0.05) is 30.3 Å². The summed E-state index contributed by atoms with van der Waals surface area (Å²) in [6.45, 7) is 11.1. The molecule has 1 aromatic rings. The van der Waals surface area contributed by atoms with Gasteiger partial charge in [0.05, 0.1) is 17.0 Å². The van der Waals surface area contributed by atoms with E-state index in [1.165, 1.54) is 5.56 Å². The summed E-state index contributed by atoms with van der Waals surface area (Å²) in [5, 5.41) is 3.32. The molecular formula is C20H34N4O2S. The van der Waals surface area contributed by atoms with E-state index in [1.54, 1.807) is 13.8 Å². The molecule has 0 radical (unpaired) electrons. The molecule has 0 spiro atoms. The first-order valence-electron chi connectivity index (χ1n) is 9.66. The van der Waals surface area contributed by atoms with Crippen molar-refractivity contribution in [3.63, 3.8) is 0 Å². The van der Waals surface area contributed by atoms with Crippen molar-refractivity contribution in [3.05, 3.63) is 35.9 Å². The van der Waals surface area contributed by atoms with Crippen molar-refractivity contribution in [2.45, 2.75) is 45.0 Å². The van der Waals surface area contributed by atoms with Crippen molar-refractivity contribution in [2.75, 3.05) is 39.0 Å². The van der Waals surface area contributed by atoms with E-state index in [4.69, 9.17) is 4.99 Å². The van der Waals surface area contributed by atoms with Crippen LogP contribution in [0.3, 0.4) is 0 Å². The molecule has 0 saturated carbocycles. The zero-order valence-electron chi connectivity index (χ0n) is 17.3. The first-order chi connectivity index (χ1) is 12.7. The molecule has 1 fully saturated rings. The topological polar surface area (TPSA) is 65.0 Å². The minimum Gasteiger partial charge on any atom is -0.357 e. The van der Waals surface area contributed by atoms with Crippen LogP contribution in [0.25, 0.3) is 0 Å². The Morgan fingerprint density at radius 2 is 2.00 bits per heavy atom. The van der Waals surface area contributed by atoms with Crippen LogP contribution in [-0.2, 0) is 16.4 Å². The fourth-order valence-corrected chi connectivity index (χ4v) is 4.50. The summed E-state index contributed by atoms with van der Waals surface area (Å²) >= 11 is 0. The van der Waals surface area contributed by atoms with Crippen molar-refractivity contribution in [1.29, 1.82) is 0 Å². The van der Waals surface area contributed by atoms with Gasteiger partial charge in [-0.2, -0.15) is 0 Å². The molecule has 27 heavy (non-hydrogen) atoms. The molecule has 1 aliphatic heterocycles. The number of likely N-dealkylation sites (N-methyl/N-ethyl adjacent to an activating group) is 1. The lowest BCUT2D eigenvalue weighted by Gasteiger charge is -2.39. The largest absolute Gasteiger partial charge is 0.357 e. The Bertz CT molecular complexity index is 732. The van der Waals surface area contributed by atoms with Crippen LogP contribution in [0.2, 0.25) is 0 Å². The average Bonchev–Trinajstić information content (AvgIpc) is 2.61. The van der Waals surface area contributed by atoms with Gasteiger partial charge < -0.3 is 10.2 Å². The number of benzene rings is 1. The number of hydrogen-bond donors (Lipinski definition) is 1. The number of nitrogens with zero attached hydrogens (tertiary/aromatic N) is 3. The molecule has 1 aliphatic rings. The van der Waals surface area contributed by atoms with Crippen LogP contribution in [0, 0.1) is 0 Å². The number of guanidine groups is 1. The van der Waals surface area contributed by atoms with E-state index in [9.17, 15) is 8.42 Å². The highest BCUT2D eigenvalue weighted by Crippen LogP contribution is 2.23. The summed E-state index contributed by atoms with van der Waals surface area (Å²) in [5.41, 5.74) is 1.28. The van der Waals surface area contributed by atoms with Gasteiger partial charge in [-0.05, 0) is 40.3 Å². The molecule has 0 aromatic heterocycles. The molecule has 0 aliphatic carbocycles. The Hall–Kier alpha value is -1.60. The standard InChI is InChI=1S/C20H34N4O2S/c1-6-21-19(24-12-13-27(25,26)20(3,4)16-24)22-14-17(2)23(5)15-18-10-8-7-9-11-18/h7-11,17H,6,12-16H2,1-5H3,(H,21,22). The summed E-state index contributed by atoms with van der Waals surface area (Å²) in [6.07, 6.45) is 0. The second-order valence-electron chi connectivity index (χ2n) is 7.94. The highest BCUT2D eigenvalue weighted by molar-refractivity contribution is 7.92. The van der Waals surface area contributed by atoms with Crippen molar-refractivity contribution in [1.82, 2.24) is 15.1 Å². The van der Waals surface area contributed by atoms with Gasteiger partial charge in [0, 0.05) is 32.2 Å². The predicted molar refractivity (Wildman–Crippen MR) is 113 cm³/mol. The van der Waals surface area contributed by atoms with Gasteiger partial charge in [-0.25, -0.2) is 8.42 Å². The van der Waals surface area contributed by atoms with Gasteiger partial charge in [-0.15, -0.1) is 0 Å². The Kier molecular flexibility index (Phi) is 7.28. The number of aliphatic imine (C=N–C) groups is 1. The molecule has 0 amide bonds. The van der Waals surface area contributed by atoms with Gasteiger partial charge in [0.1, 0.15) is 0 Å². The van der Waals surface area contributed by atoms with Gasteiger partial charge in [0.15, 0.2) is 15.8 Å². The highest BCUT2D eigenvalue weighted by Gasteiger charge is 2.40. The molecule has 1 saturated heterocycles. The SMILES string of the molecule is CCNC(=NCC(C)N(C)Cc1ccccc1)N1CCS(=O)(=O)C(C)(C)C1. The zero-order chi connectivity index (χ0) is 20.1. The molecule has 152 valence electrons. The third-order valence-corrected chi connectivity index (χ3v) is 7.74. The summed E-state index contributed by atoms with van der Waals surface area (Å²) in [5.74, 6) is 0.980. The van der Waals surface area contributed by atoms with Gasteiger partial charge in [-0.3, -0.25) is 9.89 Å². The monoisotopic (exact) mass is 394 g/mol. The van der Waals surface area contributed by atoms with Crippen LogP contribution < -0.4 is 5.32 Å². The van der Waals surface area contributed by atoms with Crippen LogP contribution in [0.5, 0.6) is 0 Å². The number of sulfone groups is 1. The number of rotatable bonds is 6. The lowest BCUT2D eigenvalue weighted by atomic mass is 10.2. The fraction of sp³-hybridized carbons (Fsp3) is 0.650. The second-order valence-corrected chi connectivity index (χ2v) is 10.7. The summed E-state index contributed by atoms with van der Waals surface area (Å²) in [4.78, 5) is 9.17. The smallest absolute Gasteiger partial charge is 0.194 e. The molecule has 1 unspecified atom stereocenters. The Labute approximate surface area is 164 Å². The van der Waals surface area contributed by atoms with E-state index in [0.29, 0.717) is 19.6 Å². The average molecular weight is 395 g/mol. The summed E-state index contributed by atoms with van der Waals surface area (Å²) in [7, 11) is -0.947. The van der Waals surface area contributed by atoms with E-state index in [2.05, 4.69) is 53.4 Å². The third-order valence-electron chi connectivity index (χ3n) is 5.21. The summed E-state index contributed by atoms with van der Waals surface area (Å²) in [6, 6.07) is 10.7. The predicted octanol–water partition coefficient (Wildman–Crippen LogP) is 1.98. The quantitative estimate of drug-likeness (QED) is 0.590. The highest BCUT2D eigenvalue weighted by atomic mass is 32.2. The zero-order valence-corrected chi connectivity index (χ0v) is 18.1. The minimum atomic E-state index is -3.05. The van der Waals surface area contributed by atoms with E-state index >= 15 is 0 Å². The Morgan fingerprint density at radius 3 is 2.59 bits per heavy atom. The molecule has 2 rings (SSSR count). The van der Waals surface area contributed by atoms with Gasteiger partial charge in [0.2, 0.25) is 0 Å². The number of hydrogen-bond acceptors (Lipinski definition) is 4. The normalized spacial score (nSPS) is 20.5. The van der Waals surface area contributed by atoms with Crippen molar-refractivity contribution in [3.8, 4) is 0 Å². The molecule has 1 N–H and O–H groups in total. The lowest BCUT2D eigenvalue weighted by molar-refractivity contribution is 0.254. The minimum absolute atomic E-state index is 0.174. The van der Waals surface area contributed by atoms with Gasteiger partial charge in [0.25, 0.3) is 0 Å². The van der Waals surface area contributed by atoms with Crippen molar-refractivity contribution < 1.29 is 8.42 Å². The lowest BCUT2D eigenvalue weighted by Crippen LogP contribution is -2.57. The number of nitrogens with one attached hydrogen (secondary N) is 1. The Morgan fingerprint density at radius 1 is 1.33 bits per heavy atom. The van der Waals surface area contributed by atoms with E-state index < -0.39 is 14.6 Å². The molecule has 6 nitrogen and oxygen atoms in total. The van der Waals surface area contributed by atoms with Crippen LogP contribution >= 0.6 is 0 Å². The molecule has 0 bridgehead atoms. The van der Waals surface area contributed by atoms with E-state index in [0.717, 1.165) is 19.0 Å². The maximum Gasteiger partial charge on any atom is 0.194 e. The molecule has 1 aromatic carbocycles. The van der Waals surface area contributed by atoms with Crippen LogP contribution in [0.15, 0.2) is 35.3 Å². The first-order valence-corrected chi connectivity index (χ1v) is 11.3. The van der Waals surface area contributed by atoms with Crippen LogP contribution in [-0.4, -0.2) is 73.9 Å². The van der Waals surface area contributed by atoms with E-state index in [-0.39, 0.29) is 11.8 Å². The first kappa shape index (κ1) is 21.7. The molecular weight excluding hydrogens is 360 g/mol.